The highest BCUT2D eigenvalue weighted by molar-refractivity contribution is 5.92. The van der Waals surface area contributed by atoms with E-state index in [9.17, 15) is 0 Å². The minimum atomic E-state index is -0.00671. The van der Waals surface area contributed by atoms with Crippen LogP contribution in [0.25, 0.3) is 5.57 Å². The average molecular weight is 405 g/mol. The highest BCUT2D eigenvalue weighted by Crippen LogP contribution is 2.42. The zero-order valence-corrected chi connectivity index (χ0v) is 19.5. The van der Waals surface area contributed by atoms with E-state index in [2.05, 4.69) is 82.0 Å². The molecule has 3 nitrogen and oxygen atoms in total. The molecular formula is C27H36N2O. The Morgan fingerprint density at radius 3 is 2.43 bits per heavy atom. The maximum absolute atomic E-state index is 5.76. The number of unbranched alkanes of at least 4 members (excludes halogenated alkanes) is 1. The van der Waals surface area contributed by atoms with Crippen LogP contribution >= 0.6 is 0 Å². The molecule has 1 aliphatic heterocycles. The van der Waals surface area contributed by atoms with Crippen LogP contribution in [0.1, 0.15) is 70.6 Å². The first-order valence-corrected chi connectivity index (χ1v) is 11.2. The topological polar surface area (TPSA) is 24.8 Å². The molecule has 3 heteroatoms. The number of aryl methyl sites for hydroxylation is 1. The van der Waals surface area contributed by atoms with E-state index in [1.165, 1.54) is 35.2 Å². The lowest BCUT2D eigenvalue weighted by Gasteiger charge is -2.43. The Morgan fingerprint density at radius 1 is 1.07 bits per heavy atom. The van der Waals surface area contributed by atoms with E-state index in [-0.39, 0.29) is 5.54 Å². The van der Waals surface area contributed by atoms with Gasteiger partial charge in [-0.3, -0.25) is 4.99 Å². The van der Waals surface area contributed by atoms with E-state index in [0.717, 1.165) is 36.4 Å². The van der Waals surface area contributed by atoms with Crippen molar-refractivity contribution in [1.29, 1.82) is 0 Å². The maximum Gasteiger partial charge on any atom is 0.129 e. The summed E-state index contributed by atoms with van der Waals surface area (Å²) < 4.78 is 5.76. The van der Waals surface area contributed by atoms with E-state index >= 15 is 0 Å². The molecule has 0 aromatic heterocycles. The third-order valence-electron chi connectivity index (χ3n) is 5.88. The summed E-state index contributed by atoms with van der Waals surface area (Å²) in [5.41, 5.74) is 7.16. The first-order valence-electron chi connectivity index (χ1n) is 11.2. The molecule has 0 spiro atoms. The van der Waals surface area contributed by atoms with Gasteiger partial charge in [0.15, 0.2) is 0 Å². The summed E-state index contributed by atoms with van der Waals surface area (Å²) in [4.78, 5) is 7.21. The summed E-state index contributed by atoms with van der Waals surface area (Å²) in [5, 5.41) is 0. The summed E-state index contributed by atoms with van der Waals surface area (Å²) in [7, 11) is 1.74. The van der Waals surface area contributed by atoms with Crippen molar-refractivity contribution in [1.82, 2.24) is 0 Å². The number of hydrogen-bond acceptors (Lipinski definition) is 3. The fourth-order valence-corrected chi connectivity index (χ4v) is 4.30. The van der Waals surface area contributed by atoms with Crippen molar-refractivity contribution < 1.29 is 4.74 Å². The van der Waals surface area contributed by atoms with Gasteiger partial charge in [-0.1, -0.05) is 38.5 Å². The van der Waals surface area contributed by atoms with Gasteiger partial charge in [-0.15, -0.1) is 0 Å². The second-order valence-electron chi connectivity index (χ2n) is 8.77. The summed E-state index contributed by atoms with van der Waals surface area (Å²) in [6.07, 6.45) is 8.99. The van der Waals surface area contributed by atoms with E-state index in [0.29, 0.717) is 0 Å². The predicted octanol–water partition coefficient (Wildman–Crippen LogP) is 7.20. The zero-order valence-electron chi connectivity index (χ0n) is 19.5. The van der Waals surface area contributed by atoms with Crippen LogP contribution in [-0.2, 0) is 6.42 Å². The Balaban J connectivity index is 1.93. The molecule has 0 fully saturated rings. The van der Waals surface area contributed by atoms with Crippen LogP contribution in [0.5, 0.6) is 5.75 Å². The third kappa shape index (κ3) is 4.77. The largest absolute Gasteiger partial charge is 0.496 e. The molecular weight excluding hydrogens is 368 g/mol. The van der Waals surface area contributed by atoms with Gasteiger partial charge in [0, 0.05) is 35.6 Å². The Hall–Kier alpha value is -2.55. The molecule has 0 atom stereocenters. The minimum absolute atomic E-state index is 0.00671. The normalized spacial score (nSPS) is 15.3. The molecule has 0 radical (unpaired) electrons. The quantitative estimate of drug-likeness (QED) is 0.435. The molecule has 160 valence electrons. The summed E-state index contributed by atoms with van der Waals surface area (Å²) >= 11 is 0. The Labute approximate surface area is 182 Å². The number of allylic oxidation sites excluding steroid dienone is 1. The highest BCUT2D eigenvalue weighted by Gasteiger charge is 2.31. The number of hydrogen-bond donors (Lipinski definition) is 0. The van der Waals surface area contributed by atoms with Crippen molar-refractivity contribution in [3.63, 3.8) is 0 Å². The van der Waals surface area contributed by atoms with Gasteiger partial charge >= 0.3 is 0 Å². The molecule has 0 aliphatic carbocycles. The van der Waals surface area contributed by atoms with Crippen LogP contribution in [0, 0.1) is 0 Å². The van der Waals surface area contributed by atoms with Gasteiger partial charge in [-0.25, -0.2) is 0 Å². The molecule has 0 unspecified atom stereocenters. The van der Waals surface area contributed by atoms with Crippen molar-refractivity contribution in [2.24, 2.45) is 4.99 Å². The minimum Gasteiger partial charge on any atom is -0.496 e. The number of ether oxygens (including phenoxy) is 1. The number of nitrogens with zero attached hydrogens (tertiary/aromatic N) is 2. The van der Waals surface area contributed by atoms with Gasteiger partial charge < -0.3 is 9.64 Å². The fraction of sp³-hybridized carbons (Fsp3) is 0.444. The third-order valence-corrected chi connectivity index (χ3v) is 5.88. The molecule has 2 aromatic carbocycles. The van der Waals surface area contributed by atoms with Gasteiger partial charge in [-0.2, -0.15) is 0 Å². The number of aliphatic imine (C=N–C) groups is 1. The molecule has 0 saturated carbocycles. The average Bonchev–Trinajstić information content (AvgIpc) is 2.73. The number of fused-ring (bicyclic) bond motifs is 1. The zero-order chi connectivity index (χ0) is 21.7. The molecule has 2 aromatic rings. The standard InChI is InChI=1S/C27H36N2O/c1-7-9-10-21-11-13-23(14-12-21)28-19-22-16-24-20(3)18-27(4,5)29(15-8-2)25(24)17-26(22)30-6/h11-14,16-19H,7-10,15H2,1-6H3. The second-order valence-corrected chi connectivity index (χ2v) is 8.77. The number of benzene rings is 2. The first kappa shape index (κ1) is 22.1. The highest BCUT2D eigenvalue weighted by atomic mass is 16.5. The van der Waals surface area contributed by atoms with Gasteiger partial charge in [-0.05, 0) is 69.4 Å². The second kappa shape index (κ2) is 9.51. The Kier molecular flexibility index (Phi) is 7.02. The van der Waals surface area contributed by atoms with Crippen molar-refractivity contribution in [2.45, 2.75) is 65.8 Å². The predicted molar refractivity (Wildman–Crippen MR) is 131 cm³/mol. The van der Waals surface area contributed by atoms with Gasteiger partial charge in [0.25, 0.3) is 0 Å². The smallest absolute Gasteiger partial charge is 0.129 e. The van der Waals surface area contributed by atoms with Crippen LogP contribution in [0.2, 0.25) is 0 Å². The van der Waals surface area contributed by atoms with E-state index in [1.54, 1.807) is 7.11 Å². The van der Waals surface area contributed by atoms with Crippen LogP contribution in [0.3, 0.4) is 0 Å². The van der Waals surface area contributed by atoms with Gasteiger partial charge in [0.2, 0.25) is 0 Å². The lowest BCUT2D eigenvalue weighted by atomic mass is 9.87. The molecule has 0 N–H and O–H groups in total. The molecule has 0 saturated heterocycles. The molecule has 0 amide bonds. The van der Waals surface area contributed by atoms with Crippen LogP contribution in [0.15, 0.2) is 47.5 Å². The monoisotopic (exact) mass is 404 g/mol. The van der Waals surface area contributed by atoms with Gasteiger partial charge in [0.05, 0.1) is 18.3 Å². The fourth-order valence-electron chi connectivity index (χ4n) is 4.30. The number of methoxy groups -OCH3 is 1. The molecule has 3 rings (SSSR count). The van der Waals surface area contributed by atoms with E-state index in [1.807, 2.05) is 6.21 Å². The lowest BCUT2D eigenvalue weighted by molar-refractivity contribution is 0.413. The summed E-state index contributed by atoms with van der Waals surface area (Å²) in [6.45, 7) is 12.2. The lowest BCUT2D eigenvalue weighted by Crippen LogP contribution is -2.45. The van der Waals surface area contributed by atoms with Crippen molar-refractivity contribution in [3.8, 4) is 5.75 Å². The van der Waals surface area contributed by atoms with E-state index in [4.69, 9.17) is 9.73 Å². The first-order chi connectivity index (χ1) is 14.4. The number of anilines is 1. The van der Waals surface area contributed by atoms with Crippen LogP contribution < -0.4 is 9.64 Å². The maximum atomic E-state index is 5.76. The Morgan fingerprint density at radius 2 is 1.80 bits per heavy atom. The summed E-state index contributed by atoms with van der Waals surface area (Å²) in [5.74, 6) is 0.865. The van der Waals surface area contributed by atoms with Crippen molar-refractivity contribution in [2.75, 3.05) is 18.6 Å². The van der Waals surface area contributed by atoms with Crippen molar-refractivity contribution in [3.05, 3.63) is 59.2 Å². The van der Waals surface area contributed by atoms with Crippen LogP contribution in [-0.4, -0.2) is 25.4 Å². The molecule has 0 bridgehead atoms. The molecule has 30 heavy (non-hydrogen) atoms. The summed E-state index contributed by atoms with van der Waals surface area (Å²) in [6, 6.07) is 13.0. The molecule has 1 aliphatic rings. The van der Waals surface area contributed by atoms with Gasteiger partial charge in [0.1, 0.15) is 5.75 Å². The number of rotatable bonds is 8. The molecule has 1 heterocycles. The van der Waals surface area contributed by atoms with Crippen molar-refractivity contribution >= 4 is 23.2 Å². The van der Waals surface area contributed by atoms with E-state index < -0.39 is 0 Å². The SMILES string of the molecule is CCCCc1ccc(N=Cc2cc3c(cc2OC)N(CCC)C(C)(C)C=C3C)cc1. The van der Waals surface area contributed by atoms with Crippen LogP contribution in [0.4, 0.5) is 11.4 Å². The Bertz CT molecular complexity index is 923.